The van der Waals surface area contributed by atoms with E-state index in [-0.39, 0.29) is 0 Å². The van der Waals surface area contributed by atoms with E-state index in [4.69, 9.17) is 0 Å². The van der Waals surface area contributed by atoms with Gasteiger partial charge in [0.05, 0.1) is 51.5 Å². The second-order valence-corrected chi connectivity index (χ2v) is 23.0. The lowest BCUT2D eigenvalue weighted by Gasteiger charge is -2.43. The van der Waals surface area contributed by atoms with Crippen LogP contribution in [0.1, 0.15) is 103 Å². The van der Waals surface area contributed by atoms with Crippen molar-refractivity contribution in [3.05, 3.63) is 0 Å². The Bertz CT molecular complexity index is 595. The zero-order valence-corrected chi connectivity index (χ0v) is 41.5. The first-order valence-corrected chi connectivity index (χ1v) is 25.3. The third kappa shape index (κ3) is 29.6. The Labute approximate surface area is 348 Å². The zero-order chi connectivity index (χ0) is 33.2. The van der Waals surface area contributed by atoms with Crippen LogP contribution in [0.3, 0.4) is 0 Å². The molecule has 4 atom stereocenters. The molecule has 0 radical (unpaired) electrons. The maximum atomic E-state index is 10.8. The quantitative estimate of drug-likeness (QED) is 0.0445. The molecular formula is C30H53Br10NO2. The van der Waals surface area contributed by atoms with Gasteiger partial charge in [-0.15, -0.1) is 0 Å². The number of rotatable bonds is 28. The van der Waals surface area contributed by atoms with Crippen LogP contribution in [-0.4, -0.2) is 80.5 Å². The summed E-state index contributed by atoms with van der Waals surface area (Å²) in [6.45, 7) is 6.67. The van der Waals surface area contributed by atoms with Gasteiger partial charge in [-0.3, -0.25) is 0 Å². The highest BCUT2D eigenvalue weighted by molar-refractivity contribution is 9.25. The minimum Gasteiger partial charge on any atom is -0.548 e. The molecule has 0 saturated carbocycles. The van der Waals surface area contributed by atoms with Crippen molar-refractivity contribution >= 4 is 165 Å². The number of hydrogen-bond acceptors (Lipinski definition) is 2. The van der Waals surface area contributed by atoms with Gasteiger partial charge in [0.2, 0.25) is 0 Å². The Balaban J connectivity index is 0. The highest BCUT2D eigenvalue weighted by Gasteiger charge is 2.36. The van der Waals surface area contributed by atoms with Crippen molar-refractivity contribution < 1.29 is 14.4 Å². The molecule has 3 nitrogen and oxygen atoms in total. The molecule has 13 heteroatoms. The summed E-state index contributed by atoms with van der Waals surface area (Å²) in [4.78, 5) is 12.7. The van der Waals surface area contributed by atoms with E-state index >= 15 is 0 Å². The molecule has 0 heterocycles. The average molecular weight is 1260 g/mol. The Morgan fingerprint density at radius 1 is 0.558 bits per heavy atom. The zero-order valence-electron chi connectivity index (χ0n) is 25.6. The lowest BCUT2D eigenvalue weighted by atomic mass is 10.0. The number of aliphatic carboxylic acids is 1. The molecule has 43 heavy (non-hydrogen) atoms. The Hall–Kier alpha value is 4.23. The number of hydrogen-bond donors (Lipinski definition) is 0. The van der Waals surface area contributed by atoms with Crippen molar-refractivity contribution in [2.75, 3.05) is 47.5 Å². The number of halogens is 10. The highest BCUT2D eigenvalue weighted by Crippen LogP contribution is 2.32. The monoisotopic (exact) mass is 1250 g/mol. The van der Waals surface area contributed by atoms with Gasteiger partial charge in [-0.05, 0) is 6.42 Å². The summed E-state index contributed by atoms with van der Waals surface area (Å²) in [5.74, 6) is -1.08. The molecule has 0 N–H and O–H groups in total. The van der Waals surface area contributed by atoms with Gasteiger partial charge >= 0.3 is 0 Å². The summed E-state index contributed by atoms with van der Waals surface area (Å²) >= 11 is 35.9. The summed E-state index contributed by atoms with van der Waals surface area (Å²) in [5, 5.41) is 14.7. The van der Waals surface area contributed by atoms with E-state index in [1.165, 1.54) is 77.0 Å². The van der Waals surface area contributed by atoms with E-state index in [1.54, 1.807) is 0 Å². The molecule has 0 aromatic rings. The van der Waals surface area contributed by atoms with Crippen LogP contribution in [-0.2, 0) is 4.79 Å². The maximum Gasteiger partial charge on any atom is 0.119 e. The molecule has 0 amide bonds. The van der Waals surface area contributed by atoms with Crippen LogP contribution in [0.25, 0.3) is 0 Å². The third-order valence-electron chi connectivity index (χ3n) is 7.15. The van der Waals surface area contributed by atoms with Crippen molar-refractivity contribution in [1.29, 1.82) is 0 Å². The van der Waals surface area contributed by atoms with E-state index in [1.807, 2.05) is 0 Å². The van der Waals surface area contributed by atoms with Crippen LogP contribution < -0.4 is 5.11 Å². The van der Waals surface area contributed by atoms with E-state index in [0.29, 0.717) is 25.7 Å². The van der Waals surface area contributed by atoms with Crippen molar-refractivity contribution in [3.63, 3.8) is 0 Å². The van der Waals surface area contributed by atoms with E-state index in [9.17, 15) is 9.90 Å². The standard InChI is InChI=1S/C18H34Br2O2.C12H20Br8N/c1-2-3-4-5-6-7-8-9-10-11-12-13-14-15-16-18(19,20)17(21)22;13-1-9(17)5-21(6-10(18)2-14,7-11(19)3-15)8-12(20)4-16/h2-16H2,1H3,(H,21,22);9-12H,1-8H2/q;+1/p-1. The van der Waals surface area contributed by atoms with Gasteiger partial charge in [-0.2, -0.15) is 0 Å². The molecule has 0 bridgehead atoms. The summed E-state index contributed by atoms with van der Waals surface area (Å²) in [6.07, 6.45) is 18.9. The molecule has 0 aliphatic rings. The molecule has 0 aliphatic heterocycles. The van der Waals surface area contributed by atoms with Gasteiger partial charge in [0.15, 0.2) is 0 Å². The van der Waals surface area contributed by atoms with Gasteiger partial charge in [-0.1, -0.05) is 256 Å². The average Bonchev–Trinajstić information content (AvgIpc) is 2.97. The Morgan fingerprint density at radius 2 is 0.814 bits per heavy atom. The third-order valence-corrected chi connectivity index (χ3v) is 17.6. The Morgan fingerprint density at radius 3 is 1.05 bits per heavy atom. The lowest BCUT2D eigenvalue weighted by Crippen LogP contribution is -2.59. The van der Waals surface area contributed by atoms with E-state index < -0.39 is 9.20 Å². The first kappa shape index (κ1) is 49.3. The van der Waals surface area contributed by atoms with Crippen molar-refractivity contribution in [2.24, 2.45) is 0 Å². The predicted molar refractivity (Wildman–Crippen MR) is 226 cm³/mol. The van der Waals surface area contributed by atoms with Gasteiger partial charge in [0.25, 0.3) is 0 Å². The second-order valence-electron chi connectivity index (χ2n) is 11.4. The molecular weight excluding hydrogens is 1210 g/mol. The van der Waals surface area contributed by atoms with Gasteiger partial charge in [0.1, 0.15) is 3.23 Å². The molecule has 0 aromatic heterocycles. The van der Waals surface area contributed by atoms with Crippen LogP contribution >= 0.6 is 159 Å². The molecule has 0 spiro atoms. The SMILES string of the molecule is BrCC(Br)C[N+](CC(Br)CBr)(CC(Br)CBr)CC(Br)CBr.CCCCCCCCCCCCCCCCC(Br)(Br)C(=O)[O-]. The molecule has 0 aromatic carbocycles. The first-order chi connectivity index (χ1) is 20.3. The topological polar surface area (TPSA) is 40.1 Å². The van der Waals surface area contributed by atoms with Crippen molar-refractivity contribution in [2.45, 2.75) is 126 Å². The summed E-state index contributed by atoms with van der Waals surface area (Å²) in [6, 6.07) is 0. The van der Waals surface area contributed by atoms with Crippen molar-refractivity contribution in [1.82, 2.24) is 0 Å². The molecule has 4 unspecified atom stereocenters. The van der Waals surface area contributed by atoms with Crippen molar-refractivity contribution in [3.8, 4) is 0 Å². The maximum absolute atomic E-state index is 10.8. The minimum atomic E-state index is -1.08. The number of alkyl halides is 10. The van der Waals surface area contributed by atoms with Gasteiger partial charge < -0.3 is 14.4 Å². The number of carbonyl (C=O) groups is 1. The number of quaternary nitrogens is 1. The fourth-order valence-corrected chi connectivity index (χ4v) is 8.80. The lowest BCUT2D eigenvalue weighted by molar-refractivity contribution is -0.925. The Kier molecular flexibility index (Phi) is 36.9. The second kappa shape index (κ2) is 32.2. The number of nitrogens with zero attached hydrogens (tertiary/aromatic N) is 1. The van der Waals surface area contributed by atoms with Gasteiger partial charge in [0, 0.05) is 21.3 Å². The van der Waals surface area contributed by atoms with E-state index in [0.717, 1.165) is 64.8 Å². The molecule has 0 rings (SSSR count). The largest absolute Gasteiger partial charge is 0.548 e. The van der Waals surface area contributed by atoms with Crippen LogP contribution in [0.2, 0.25) is 0 Å². The van der Waals surface area contributed by atoms with Crippen LogP contribution in [0.5, 0.6) is 0 Å². The smallest absolute Gasteiger partial charge is 0.119 e. The molecule has 0 aliphatic carbocycles. The molecule has 260 valence electrons. The summed E-state index contributed by atoms with van der Waals surface area (Å²) < 4.78 is 0.0309. The summed E-state index contributed by atoms with van der Waals surface area (Å²) in [5.41, 5.74) is 0. The number of carboxylic acid groups (broad SMARTS) is 1. The normalized spacial score (nSPS) is 16.1. The molecule has 0 fully saturated rings. The van der Waals surface area contributed by atoms with Crippen LogP contribution in [0.4, 0.5) is 0 Å². The highest BCUT2D eigenvalue weighted by atomic mass is 79.9. The predicted octanol–water partition coefficient (Wildman–Crippen LogP) is 12.5. The van der Waals surface area contributed by atoms with Crippen LogP contribution in [0, 0.1) is 0 Å². The number of carboxylic acids is 1. The van der Waals surface area contributed by atoms with Gasteiger partial charge in [-0.25, -0.2) is 0 Å². The number of unbranched alkanes of at least 4 members (excludes halogenated alkanes) is 13. The molecule has 0 saturated heterocycles. The fourth-order valence-electron chi connectivity index (χ4n) is 4.97. The fraction of sp³-hybridized carbons (Fsp3) is 0.967. The minimum absolute atomic E-state index is 0.470. The first-order valence-electron chi connectivity index (χ1n) is 15.6. The van der Waals surface area contributed by atoms with Crippen LogP contribution in [0.15, 0.2) is 0 Å². The number of carbonyl (C=O) groups excluding carboxylic acids is 1. The van der Waals surface area contributed by atoms with E-state index in [2.05, 4.69) is 166 Å². The summed E-state index contributed by atoms with van der Waals surface area (Å²) in [7, 11) is 0.